The topological polar surface area (TPSA) is 126 Å². The molecule has 1 aromatic carbocycles. The average Bonchev–Trinajstić information content (AvgIpc) is 2.65. The first kappa shape index (κ1) is 20.5. The predicted octanol–water partition coefficient (Wildman–Crippen LogP) is 0.643. The van der Waals surface area contributed by atoms with Gasteiger partial charge in [0, 0.05) is 17.2 Å². The summed E-state index contributed by atoms with van der Waals surface area (Å²) < 4.78 is 2.15. The zero-order chi connectivity index (χ0) is 21.0. The predicted molar refractivity (Wildman–Crippen MR) is 102 cm³/mol. The molecular formula is C18H18N4O6. The van der Waals surface area contributed by atoms with Crippen LogP contribution in [0.2, 0.25) is 0 Å². The molecule has 1 aromatic heterocycles. The Bertz CT molecular complexity index is 1100. The zero-order valence-corrected chi connectivity index (χ0v) is 15.2. The Morgan fingerprint density at radius 1 is 1.04 bits per heavy atom. The Balaban J connectivity index is 2.60. The standard InChI is InChI=1S/C18H18N4O6/c1-4-8-19-16(24)20(9-5-2)18(26)21(17(19)25)11-15(23)13-7-6-12(3)14(10-13)22(27)28/h4-7,10H,1-2,8-9,11H2,3H3. The van der Waals surface area contributed by atoms with Crippen LogP contribution in [0.25, 0.3) is 0 Å². The number of hydrogen-bond acceptors (Lipinski definition) is 6. The summed E-state index contributed by atoms with van der Waals surface area (Å²) in [5.41, 5.74) is -2.69. The van der Waals surface area contributed by atoms with Gasteiger partial charge < -0.3 is 0 Å². The van der Waals surface area contributed by atoms with E-state index in [1.54, 1.807) is 0 Å². The Labute approximate surface area is 158 Å². The number of nitrogens with zero attached hydrogens (tertiary/aromatic N) is 4. The van der Waals surface area contributed by atoms with Crippen molar-refractivity contribution < 1.29 is 9.72 Å². The van der Waals surface area contributed by atoms with E-state index in [9.17, 15) is 29.3 Å². The lowest BCUT2D eigenvalue weighted by atomic mass is 10.1. The lowest BCUT2D eigenvalue weighted by Gasteiger charge is -2.12. The number of carbonyl (C=O) groups excluding carboxylic acids is 1. The molecule has 2 rings (SSSR count). The number of hydrogen-bond donors (Lipinski definition) is 0. The van der Waals surface area contributed by atoms with Gasteiger partial charge >= 0.3 is 17.1 Å². The van der Waals surface area contributed by atoms with Crippen LogP contribution >= 0.6 is 0 Å². The van der Waals surface area contributed by atoms with Crippen molar-refractivity contribution in [1.82, 2.24) is 13.7 Å². The molecule has 0 aliphatic rings. The Morgan fingerprint density at radius 2 is 1.54 bits per heavy atom. The third kappa shape index (κ3) is 3.80. The van der Waals surface area contributed by atoms with Crippen molar-refractivity contribution in [2.24, 2.45) is 0 Å². The molecule has 28 heavy (non-hydrogen) atoms. The summed E-state index contributed by atoms with van der Waals surface area (Å²) in [5, 5.41) is 11.1. The van der Waals surface area contributed by atoms with Crippen molar-refractivity contribution in [2.45, 2.75) is 26.6 Å². The second-order valence-corrected chi connectivity index (χ2v) is 5.91. The molecule has 146 valence electrons. The summed E-state index contributed by atoms with van der Waals surface area (Å²) in [7, 11) is 0. The number of benzene rings is 1. The first-order chi connectivity index (χ1) is 13.2. The number of nitro groups is 1. The third-order valence-electron chi connectivity index (χ3n) is 4.04. The molecule has 2 aromatic rings. The monoisotopic (exact) mass is 386 g/mol. The molecule has 0 fully saturated rings. The number of rotatable bonds is 8. The molecule has 10 nitrogen and oxygen atoms in total. The first-order valence-corrected chi connectivity index (χ1v) is 8.17. The molecular weight excluding hydrogens is 368 g/mol. The van der Waals surface area contributed by atoms with E-state index in [1.807, 2.05) is 0 Å². The minimum Gasteiger partial charge on any atom is -0.292 e. The van der Waals surface area contributed by atoms with Gasteiger partial charge in [0.2, 0.25) is 0 Å². The van der Waals surface area contributed by atoms with Crippen molar-refractivity contribution >= 4 is 11.5 Å². The maximum absolute atomic E-state index is 12.6. The molecule has 0 N–H and O–H groups in total. The number of allylic oxidation sites excluding steroid dienone is 2. The van der Waals surface area contributed by atoms with Crippen molar-refractivity contribution in [1.29, 1.82) is 0 Å². The van der Waals surface area contributed by atoms with Gasteiger partial charge in [-0.05, 0) is 6.92 Å². The fourth-order valence-electron chi connectivity index (χ4n) is 2.60. The number of aryl methyl sites for hydroxylation is 1. The highest BCUT2D eigenvalue weighted by molar-refractivity contribution is 5.96. The zero-order valence-electron chi connectivity index (χ0n) is 15.2. The summed E-state index contributed by atoms with van der Waals surface area (Å²) in [6.07, 6.45) is 2.61. The largest absolute Gasteiger partial charge is 0.337 e. The molecule has 10 heteroatoms. The van der Waals surface area contributed by atoms with Crippen LogP contribution in [0.4, 0.5) is 5.69 Å². The van der Waals surface area contributed by atoms with Gasteiger partial charge in [0.1, 0.15) is 0 Å². The summed E-state index contributed by atoms with van der Waals surface area (Å²) in [4.78, 5) is 60.4. The molecule has 0 radical (unpaired) electrons. The van der Waals surface area contributed by atoms with Gasteiger partial charge in [-0.1, -0.05) is 24.3 Å². The van der Waals surface area contributed by atoms with E-state index in [4.69, 9.17) is 0 Å². The van der Waals surface area contributed by atoms with Gasteiger partial charge in [-0.15, -0.1) is 13.2 Å². The van der Waals surface area contributed by atoms with E-state index >= 15 is 0 Å². The van der Waals surface area contributed by atoms with Crippen LogP contribution in [0.5, 0.6) is 0 Å². The molecule has 0 aliphatic carbocycles. The lowest BCUT2D eigenvalue weighted by Crippen LogP contribution is -2.55. The highest BCUT2D eigenvalue weighted by Crippen LogP contribution is 2.19. The fraction of sp³-hybridized carbons (Fsp3) is 0.222. The smallest absolute Gasteiger partial charge is 0.292 e. The molecule has 0 saturated carbocycles. The SMILES string of the molecule is C=CCn1c(=O)n(CC=C)c(=O)n(CC(=O)c2ccc(C)c([N+](=O)[O-])c2)c1=O. The van der Waals surface area contributed by atoms with Crippen LogP contribution in [0.3, 0.4) is 0 Å². The van der Waals surface area contributed by atoms with Crippen molar-refractivity contribution in [3.63, 3.8) is 0 Å². The molecule has 0 atom stereocenters. The molecule has 0 spiro atoms. The van der Waals surface area contributed by atoms with E-state index in [2.05, 4.69) is 13.2 Å². The highest BCUT2D eigenvalue weighted by atomic mass is 16.6. The Kier molecular flexibility index (Phi) is 6.04. The quantitative estimate of drug-likeness (QED) is 0.284. The molecule has 0 saturated heterocycles. The summed E-state index contributed by atoms with van der Waals surface area (Å²) >= 11 is 0. The van der Waals surface area contributed by atoms with Crippen LogP contribution < -0.4 is 17.1 Å². The fourth-order valence-corrected chi connectivity index (χ4v) is 2.60. The van der Waals surface area contributed by atoms with Gasteiger partial charge in [-0.2, -0.15) is 0 Å². The van der Waals surface area contributed by atoms with E-state index in [0.29, 0.717) is 10.1 Å². The van der Waals surface area contributed by atoms with E-state index in [0.717, 1.165) is 15.2 Å². The second kappa shape index (κ2) is 8.25. The molecule has 0 aliphatic heterocycles. The lowest BCUT2D eigenvalue weighted by molar-refractivity contribution is -0.385. The van der Waals surface area contributed by atoms with Gasteiger partial charge in [0.25, 0.3) is 5.69 Å². The van der Waals surface area contributed by atoms with Crippen LogP contribution in [0.15, 0.2) is 57.9 Å². The summed E-state index contributed by atoms with van der Waals surface area (Å²) in [6.45, 7) is 7.47. The number of carbonyl (C=O) groups is 1. The molecule has 1 heterocycles. The second-order valence-electron chi connectivity index (χ2n) is 5.91. The van der Waals surface area contributed by atoms with Crippen LogP contribution in [0, 0.1) is 17.0 Å². The van der Waals surface area contributed by atoms with Crippen LogP contribution in [-0.2, 0) is 19.6 Å². The van der Waals surface area contributed by atoms with Crippen molar-refractivity contribution in [3.05, 3.63) is 96.2 Å². The van der Waals surface area contributed by atoms with Crippen LogP contribution in [-0.4, -0.2) is 24.4 Å². The third-order valence-corrected chi connectivity index (χ3v) is 4.04. The highest BCUT2D eigenvalue weighted by Gasteiger charge is 2.19. The summed E-state index contributed by atoms with van der Waals surface area (Å²) in [5.74, 6) is -0.684. The summed E-state index contributed by atoms with van der Waals surface area (Å²) in [6, 6.07) is 3.87. The van der Waals surface area contributed by atoms with E-state index in [1.165, 1.54) is 31.2 Å². The van der Waals surface area contributed by atoms with Crippen molar-refractivity contribution in [3.8, 4) is 0 Å². The maximum Gasteiger partial charge on any atom is 0.337 e. The minimum atomic E-state index is -0.967. The van der Waals surface area contributed by atoms with Gasteiger partial charge in [-0.3, -0.25) is 14.9 Å². The first-order valence-electron chi connectivity index (χ1n) is 8.17. The van der Waals surface area contributed by atoms with Gasteiger partial charge in [-0.25, -0.2) is 28.1 Å². The normalized spacial score (nSPS) is 10.5. The maximum atomic E-state index is 12.6. The van der Waals surface area contributed by atoms with E-state index in [-0.39, 0.29) is 24.3 Å². The average molecular weight is 386 g/mol. The Hall–Kier alpha value is -3.82. The number of ketones is 1. The van der Waals surface area contributed by atoms with Gasteiger partial charge in [0.15, 0.2) is 5.78 Å². The van der Waals surface area contributed by atoms with Crippen molar-refractivity contribution in [2.75, 3.05) is 0 Å². The Morgan fingerprint density at radius 3 is 2.00 bits per heavy atom. The van der Waals surface area contributed by atoms with Gasteiger partial charge in [0.05, 0.1) is 24.6 Å². The molecule has 0 amide bonds. The van der Waals surface area contributed by atoms with E-state index < -0.39 is 34.3 Å². The minimum absolute atomic E-state index is 0.0275. The van der Waals surface area contributed by atoms with Crippen LogP contribution in [0.1, 0.15) is 15.9 Å². The molecule has 0 unspecified atom stereocenters. The molecule has 0 bridgehead atoms. The number of Topliss-reactive ketones (excluding diaryl/α,β-unsaturated/α-hetero) is 1. The number of nitro benzene ring substituents is 1. The number of aromatic nitrogens is 3.